The lowest BCUT2D eigenvalue weighted by atomic mass is 9.92. The molecule has 2 saturated heterocycles. The van der Waals surface area contributed by atoms with Crippen molar-refractivity contribution in [1.82, 2.24) is 14.4 Å². The van der Waals surface area contributed by atoms with Crippen molar-refractivity contribution in [3.63, 3.8) is 0 Å². The summed E-state index contributed by atoms with van der Waals surface area (Å²) in [6.45, 7) is 5.15. The van der Waals surface area contributed by atoms with E-state index in [1.54, 1.807) is 24.2 Å². The molecule has 3 rings (SSSR count). The summed E-state index contributed by atoms with van der Waals surface area (Å²) in [6, 6.07) is 3.00. The first-order chi connectivity index (χ1) is 12.0. The van der Waals surface area contributed by atoms with Crippen LogP contribution in [0.2, 0.25) is 0 Å². The zero-order valence-corrected chi connectivity index (χ0v) is 15.1. The van der Waals surface area contributed by atoms with Gasteiger partial charge in [-0.2, -0.15) is 0 Å². The van der Waals surface area contributed by atoms with Gasteiger partial charge in [-0.15, -0.1) is 0 Å². The molecule has 0 radical (unpaired) electrons. The van der Waals surface area contributed by atoms with Crippen LogP contribution in [0.25, 0.3) is 0 Å². The molecule has 1 unspecified atom stereocenters. The van der Waals surface area contributed by atoms with E-state index in [4.69, 9.17) is 0 Å². The Balaban J connectivity index is 1.57. The highest BCUT2D eigenvalue weighted by Gasteiger charge is 2.32. The van der Waals surface area contributed by atoms with E-state index < -0.39 is 0 Å². The average molecular weight is 345 g/mol. The van der Waals surface area contributed by atoms with E-state index in [2.05, 4.69) is 6.92 Å². The Bertz CT molecular complexity index is 704. The zero-order valence-electron chi connectivity index (χ0n) is 15.1. The summed E-state index contributed by atoms with van der Waals surface area (Å²) in [4.78, 5) is 40.6. The summed E-state index contributed by atoms with van der Waals surface area (Å²) in [5.41, 5.74) is 0.397. The number of carbonyl (C=O) groups is 2. The van der Waals surface area contributed by atoms with Crippen molar-refractivity contribution in [1.29, 1.82) is 0 Å². The van der Waals surface area contributed by atoms with Crippen molar-refractivity contribution in [2.24, 2.45) is 18.9 Å². The SMILES string of the molecule is CC1CCCN(C(=O)C2CCN(C(=O)c3ccc(=O)n(C)c3)CC2)C1. The van der Waals surface area contributed by atoms with Crippen LogP contribution in [0.5, 0.6) is 0 Å². The number of hydrogen-bond acceptors (Lipinski definition) is 3. The van der Waals surface area contributed by atoms with Gasteiger partial charge < -0.3 is 14.4 Å². The number of aromatic nitrogens is 1. The monoisotopic (exact) mass is 345 g/mol. The van der Waals surface area contributed by atoms with Crippen LogP contribution < -0.4 is 5.56 Å². The van der Waals surface area contributed by atoms with E-state index in [0.29, 0.717) is 24.6 Å². The van der Waals surface area contributed by atoms with Crippen molar-refractivity contribution in [3.8, 4) is 0 Å². The van der Waals surface area contributed by atoms with Gasteiger partial charge in [0.2, 0.25) is 11.5 Å². The van der Waals surface area contributed by atoms with Crippen LogP contribution in [0.4, 0.5) is 0 Å². The van der Waals surface area contributed by atoms with Gasteiger partial charge in [0.25, 0.3) is 5.91 Å². The van der Waals surface area contributed by atoms with Gasteiger partial charge in [0.1, 0.15) is 0 Å². The predicted molar refractivity (Wildman–Crippen MR) is 95.3 cm³/mol. The minimum atomic E-state index is -0.128. The number of hydrogen-bond donors (Lipinski definition) is 0. The average Bonchev–Trinajstić information content (AvgIpc) is 2.63. The van der Waals surface area contributed by atoms with Gasteiger partial charge in [-0.25, -0.2) is 0 Å². The van der Waals surface area contributed by atoms with E-state index in [1.165, 1.54) is 17.1 Å². The second-order valence-corrected chi connectivity index (χ2v) is 7.47. The number of pyridine rings is 1. The second-order valence-electron chi connectivity index (χ2n) is 7.47. The van der Waals surface area contributed by atoms with E-state index in [9.17, 15) is 14.4 Å². The fraction of sp³-hybridized carbons (Fsp3) is 0.632. The van der Waals surface area contributed by atoms with Crippen molar-refractivity contribution in [2.75, 3.05) is 26.2 Å². The maximum Gasteiger partial charge on any atom is 0.255 e. The van der Waals surface area contributed by atoms with Crippen LogP contribution in [0.15, 0.2) is 23.1 Å². The lowest BCUT2D eigenvalue weighted by Crippen LogP contribution is -2.47. The summed E-state index contributed by atoms with van der Waals surface area (Å²) < 4.78 is 1.42. The number of nitrogens with zero attached hydrogens (tertiary/aromatic N) is 3. The minimum Gasteiger partial charge on any atom is -0.342 e. The molecule has 136 valence electrons. The summed E-state index contributed by atoms with van der Waals surface area (Å²) >= 11 is 0. The lowest BCUT2D eigenvalue weighted by Gasteiger charge is -2.37. The molecule has 3 heterocycles. The van der Waals surface area contributed by atoms with Crippen molar-refractivity contribution in [2.45, 2.75) is 32.6 Å². The first kappa shape index (κ1) is 17.7. The molecule has 0 saturated carbocycles. The second kappa shape index (κ2) is 7.42. The van der Waals surface area contributed by atoms with Crippen LogP contribution in [0.3, 0.4) is 0 Å². The third-order valence-corrected chi connectivity index (χ3v) is 5.43. The van der Waals surface area contributed by atoms with Crippen LogP contribution in [0, 0.1) is 11.8 Å². The third kappa shape index (κ3) is 3.94. The van der Waals surface area contributed by atoms with Gasteiger partial charge in [-0.3, -0.25) is 14.4 Å². The standard InChI is InChI=1S/C19H27N3O3/c1-14-4-3-9-22(12-14)18(24)15-7-10-21(11-8-15)19(25)16-5-6-17(23)20(2)13-16/h5-6,13-15H,3-4,7-12H2,1-2H3. The number of piperidine rings is 2. The number of likely N-dealkylation sites (tertiary alicyclic amines) is 2. The molecule has 1 aromatic rings. The maximum absolute atomic E-state index is 12.7. The van der Waals surface area contributed by atoms with Crippen LogP contribution in [-0.2, 0) is 11.8 Å². The fourth-order valence-electron chi connectivity index (χ4n) is 3.88. The summed E-state index contributed by atoms with van der Waals surface area (Å²) in [6.07, 6.45) is 5.33. The van der Waals surface area contributed by atoms with E-state index in [-0.39, 0.29) is 23.3 Å². The van der Waals surface area contributed by atoms with Gasteiger partial charge in [-0.1, -0.05) is 6.92 Å². The van der Waals surface area contributed by atoms with Gasteiger partial charge in [0.05, 0.1) is 5.56 Å². The first-order valence-electron chi connectivity index (χ1n) is 9.20. The van der Waals surface area contributed by atoms with Gasteiger partial charge in [-0.05, 0) is 37.7 Å². The van der Waals surface area contributed by atoms with E-state index >= 15 is 0 Å². The molecule has 25 heavy (non-hydrogen) atoms. The number of rotatable bonds is 2. The molecule has 2 aliphatic heterocycles. The molecular formula is C19H27N3O3. The molecule has 1 atom stereocenters. The number of aryl methyl sites for hydroxylation is 1. The molecule has 6 heteroatoms. The van der Waals surface area contributed by atoms with Crippen molar-refractivity contribution >= 4 is 11.8 Å². The number of amides is 2. The summed E-state index contributed by atoms with van der Waals surface area (Å²) in [5.74, 6) is 0.826. The molecule has 2 aliphatic rings. The van der Waals surface area contributed by atoms with Gasteiger partial charge in [0, 0.05) is 51.4 Å². The Morgan fingerprint density at radius 3 is 2.40 bits per heavy atom. The minimum absolute atomic E-state index is 0.0366. The van der Waals surface area contributed by atoms with Crippen LogP contribution in [0.1, 0.15) is 43.0 Å². The van der Waals surface area contributed by atoms with Gasteiger partial charge >= 0.3 is 0 Å². The van der Waals surface area contributed by atoms with Crippen LogP contribution in [-0.4, -0.2) is 52.4 Å². The van der Waals surface area contributed by atoms with E-state index in [1.807, 2.05) is 4.90 Å². The van der Waals surface area contributed by atoms with Gasteiger partial charge in [0.15, 0.2) is 0 Å². The Morgan fingerprint density at radius 2 is 1.76 bits per heavy atom. The molecule has 0 spiro atoms. The smallest absolute Gasteiger partial charge is 0.255 e. The molecule has 0 N–H and O–H groups in total. The molecular weight excluding hydrogens is 318 g/mol. The normalized spacial score (nSPS) is 22.1. The molecule has 0 aliphatic carbocycles. The van der Waals surface area contributed by atoms with Crippen LogP contribution >= 0.6 is 0 Å². The highest BCUT2D eigenvalue weighted by atomic mass is 16.2. The van der Waals surface area contributed by atoms with E-state index in [0.717, 1.165) is 32.4 Å². The molecule has 1 aromatic heterocycles. The summed E-state index contributed by atoms with van der Waals surface area (Å²) in [7, 11) is 1.64. The molecule has 2 amide bonds. The fourth-order valence-corrected chi connectivity index (χ4v) is 3.88. The van der Waals surface area contributed by atoms with Crippen molar-refractivity contribution < 1.29 is 9.59 Å². The lowest BCUT2D eigenvalue weighted by molar-refractivity contribution is -0.138. The molecule has 2 fully saturated rings. The zero-order chi connectivity index (χ0) is 18.0. The first-order valence-corrected chi connectivity index (χ1v) is 9.20. The molecule has 0 bridgehead atoms. The Hall–Kier alpha value is -2.11. The molecule has 6 nitrogen and oxygen atoms in total. The Kier molecular flexibility index (Phi) is 5.25. The topological polar surface area (TPSA) is 62.6 Å². The Morgan fingerprint density at radius 1 is 1.04 bits per heavy atom. The van der Waals surface area contributed by atoms with Crippen molar-refractivity contribution in [3.05, 3.63) is 34.2 Å². The largest absolute Gasteiger partial charge is 0.342 e. The number of carbonyl (C=O) groups excluding carboxylic acids is 2. The highest BCUT2D eigenvalue weighted by molar-refractivity contribution is 5.94. The third-order valence-electron chi connectivity index (χ3n) is 5.43. The highest BCUT2D eigenvalue weighted by Crippen LogP contribution is 2.24. The predicted octanol–water partition coefficient (Wildman–Crippen LogP) is 1.50. The molecule has 0 aromatic carbocycles. The summed E-state index contributed by atoms with van der Waals surface area (Å²) in [5, 5.41) is 0. The Labute approximate surface area is 148 Å². The quantitative estimate of drug-likeness (QED) is 0.816. The maximum atomic E-state index is 12.7.